The Morgan fingerprint density at radius 2 is 2.00 bits per heavy atom. The van der Waals surface area contributed by atoms with Crippen molar-refractivity contribution in [2.45, 2.75) is 33.7 Å². The van der Waals surface area contributed by atoms with E-state index in [4.69, 9.17) is 0 Å². The molecule has 1 nitrogen and oxygen atoms in total. The van der Waals surface area contributed by atoms with Crippen molar-refractivity contribution in [2.24, 2.45) is 0 Å². The monoisotopic (exact) mass is 250 g/mol. The fourth-order valence-electron chi connectivity index (χ4n) is 3.06. The number of hydrogen-bond donors (Lipinski definition) is 0. The van der Waals surface area contributed by atoms with E-state index in [0.717, 1.165) is 13.0 Å². The summed E-state index contributed by atoms with van der Waals surface area (Å²) in [5, 5.41) is 1.39. The zero-order valence-electron chi connectivity index (χ0n) is 11.9. The number of allylic oxidation sites excluding steroid dienone is 3. The number of nitrogens with zero attached hydrogens (tertiary/aromatic N) is 1. The third-order valence-electron chi connectivity index (χ3n) is 4.23. The van der Waals surface area contributed by atoms with Crippen molar-refractivity contribution >= 4 is 17.0 Å². The lowest BCUT2D eigenvalue weighted by atomic mass is 9.91. The van der Waals surface area contributed by atoms with E-state index in [1.54, 1.807) is 0 Å². The number of pyridine rings is 1. The van der Waals surface area contributed by atoms with Crippen molar-refractivity contribution in [3.63, 3.8) is 0 Å². The summed E-state index contributed by atoms with van der Waals surface area (Å²) in [5.74, 6) is 0. The number of benzene rings is 1. The molecule has 1 aromatic heterocycles. The van der Waals surface area contributed by atoms with Gasteiger partial charge in [-0.15, -0.1) is 0 Å². The Hall–Kier alpha value is -1.89. The maximum Gasteiger partial charge on any atom is 0.216 e. The van der Waals surface area contributed by atoms with Crippen LogP contribution in [0.25, 0.3) is 17.0 Å². The molecular weight excluding hydrogens is 230 g/mol. The van der Waals surface area contributed by atoms with Crippen LogP contribution in [-0.2, 0) is 13.0 Å². The number of aromatic nitrogens is 1. The lowest BCUT2D eigenvalue weighted by Gasteiger charge is -2.14. The van der Waals surface area contributed by atoms with E-state index in [-0.39, 0.29) is 0 Å². The van der Waals surface area contributed by atoms with Crippen LogP contribution in [0.5, 0.6) is 0 Å². The molecular formula is C18H20N+. The van der Waals surface area contributed by atoms with Crippen LogP contribution in [0.3, 0.4) is 0 Å². The maximum absolute atomic E-state index is 2.37. The molecule has 0 radical (unpaired) electrons. The van der Waals surface area contributed by atoms with Crippen molar-refractivity contribution in [2.75, 3.05) is 0 Å². The molecule has 0 bridgehead atoms. The molecule has 0 fully saturated rings. The molecule has 0 atom stereocenters. The van der Waals surface area contributed by atoms with Crippen LogP contribution >= 0.6 is 0 Å². The highest BCUT2D eigenvalue weighted by molar-refractivity contribution is 5.88. The van der Waals surface area contributed by atoms with Crippen LogP contribution in [0, 0.1) is 13.8 Å². The molecule has 0 saturated heterocycles. The second kappa shape index (κ2) is 4.65. The molecule has 1 aliphatic rings. The summed E-state index contributed by atoms with van der Waals surface area (Å²) in [5.41, 5.74) is 7.09. The molecule has 3 rings (SSSR count). The summed E-state index contributed by atoms with van der Waals surface area (Å²) in [7, 11) is 0. The van der Waals surface area contributed by atoms with Crippen molar-refractivity contribution < 1.29 is 4.57 Å². The van der Waals surface area contributed by atoms with Crippen LogP contribution in [-0.4, -0.2) is 0 Å². The molecule has 96 valence electrons. The average molecular weight is 250 g/mol. The number of hydrogen-bond acceptors (Lipinski definition) is 0. The van der Waals surface area contributed by atoms with Gasteiger partial charge in [-0.1, -0.05) is 24.3 Å². The topological polar surface area (TPSA) is 3.88 Å². The van der Waals surface area contributed by atoms with Crippen LogP contribution < -0.4 is 4.57 Å². The zero-order chi connectivity index (χ0) is 13.4. The van der Waals surface area contributed by atoms with E-state index in [9.17, 15) is 0 Å². The average Bonchev–Trinajstić information content (AvgIpc) is 2.69. The summed E-state index contributed by atoms with van der Waals surface area (Å²) in [6.07, 6.45) is 12.0. The summed E-state index contributed by atoms with van der Waals surface area (Å²) in [6, 6.07) is 4.41. The SMILES string of the molecule is CC[n+]1cccc2c(C)c(C)c3c(c21)CC=CC=C3. The van der Waals surface area contributed by atoms with E-state index in [1.165, 1.54) is 33.2 Å². The van der Waals surface area contributed by atoms with Gasteiger partial charge < -0.3 is 0 Å². The van der Waals surface area contributed by atoms with Crippen LogP contribution in [0.1, 0.15) is 29.2 Å². The van der Waals surface area contributed by atoms with Gasteiger partial charge >= 0.3 is 0 Å². The summed E-state index contributed by atoms with van der Waals surface area (Å²) in [6.45, 7) is 7.71. The molecule has 0 aliphatic heterocycles. The van der Waals surface area contributed by atoms with Gasteiger partial charge in [0.2, 0.25) is 5.52 Å². The van der Waals surface area contributed by atoms with E-state index in [1.807, 2.05) is 0 Å². The van der Waals surface area contributed by atoms with E-state index >= 15 is 0 Å². The number of fused-ring (bicyclic) bond motifs is 3. The molecule has 1 aliphatic carbocycles. The Kier molecular flexibility index (Phi) is 2.98. The molecule has 0 N–H and O–H groups in total. The fourth-order valence-corrected chi connectivity index (χ4v) is 3.06. The molecule has 1 heterocycles. The van der Waals surface area contributed by atoms with Gasteiger partial charge in [-0.3, -0.25) is 0 Å². The van der Waals surface area contributed by atoms with Crippen LogP contribution in [0.4, 0.5) is 0 Å². The maximum atomic E-state index is 2.37. The predicted molar refractivity (Wildman–Crippen MR) is 81.2 cm³/mol. The van der Waals surface area contributed by atoms with Gasteiger partial charge in [0, 0.05) is 17.0 Å². The first-order valence-corrected chi connectivity index (χ1v) is 7.01. The van der Waals surface area contributed by atoms with E-state index in [2.05, 4.69) is 68.0 Å². The molecule has 0 saturated carbocycles. The Morgan fingerprint density at radius 1 is 1.16 bits per heavy atom. The first-order valence-electron chi connectivity index (χ1n) is 7.01. The van der Waals surface area contributed by atoms with Crippen LogP contribution in [0.2, 0.25) is 0 Å². The second-order valence-electron chi connectivity index (χ2n) is 5.19. The summed E-state index contributed by atoms with van der Waals surface area (Å²) >= 11 is 0. The zero-order valence-corrected chi connectivity index (χ0v) is 11.9. The Balaban J connectivity index is 2.51. The molecule has 1 aromatic carbocycles. The van der Waals surface area contributed by atoms with Gasteiger partial charge in [0.15, 0.2) is 6.20 Å². The van der Waals surface area contributed by atoms with Crippen molar-refractivity contribution in [3.8, 4) is 0 Å². The highest BCUT2D eigenvalue weighted by Crippen LogP contribution is 2.30. The van der Waals surface area contributed by atoms with Gasteiger partial charge in [-0.05, 0) is 49.9 Å². The quantitative estimate of drug-likeness (QED) is 0.676. The molecule has 0 unspecified atom stereocenters. The molecule has 0 amide bonds. The predicted octanol–water partition coefficient (Wildman–Crippen LogP) is 3.89. The minimum atomic E-state index is 1.01. The van der Waals surface area contributed by atoms with Gasteiger partial charge in [0.25, 0.3) is 0 Å². The normalized spacial score (nSPS) is 13.6. The Bertz CT molecular complexity index is 705. The standard InChI is InChI=1S/C18H20N/c1-4-19-12-8-11-16-14(3)13(2)15-9-6-5-7-10-17(15)18(16)19/h5-9,11-12H,4,10H2,1-3H3/q+1. The lowest BCUT2D eigenvalue weighted by Crippen LogP contribution is -2.34. The molecule has 0 spiro atoms. The lowest BCUT2D eigenvalue weighted by molar-refractivity contribution is -0.668. The minimum absolute atomic E-state index is 1.01. The molecule has 19 heavy (non-hydrogen) atoms. The summed E-state index contributed by atoms with van der Waals surface area (Å²) < 4.78 is 2.37. The van der Waals surface area contributed by atoms with Crippen molar-refractivity contribution in [1.29, 1.82) is 0 Å². The minimum Gasteiger partial charge on any atom is -0.198 e. The summed E-state index contributed by atoms with van der Waals surface area (Å²) in [4.78, 5) is 0. The first kappa shape index (κ1) is 12.2. The van der Waals surface area contributed by atoms with Gasteiger partial charge in [0.05, 0.1) is 0 Å². The first-order chi connectivity index (χ1) is 9.24. The third-order valence-corrected chi connectivity index (χ3v) is 4.23. The van der Waals surface area contributed by atoms with Gasteiger partial charge in [-0.25, -0.2) is 0 Å². The van der Waals surface area contributed by atoms with E-state index in [0.29, 0.717) is 0 Å². The van der Waals surface area contributed by atoms with Gasteiger partial charge in [-0.2, -0.15) is 4.57 Å². The Labute approximate surface area is 114 Å². The molecule has 1 heteroatoms. The number of aryl methyl sites for hydroxylation is 2. The second-order valence-corrected chi connectivity index (χ2v) is 5.19. The van der Waals surface area contributed by atoms with Crippen molar-refractivity contribution in [1.82, 2.24) is 0 Å². The smallest absolute Gasteiger partial charge is 0.198 e. The molecule has 2 aromatic rings. The highest BCUT2D eigenvalue weighted by Gasteiger charge is 2.20. The highest BCUT2D eigenvalue weighted by atomic mass is 14.9. The third kappa shape index (κ3) is 1.81. The van der Waals surface area contributed by atoms with Gasteiger partial charge in [0.1, 0.15) is 6.54 Å². The largest absolute Gasteiger partial charge is 0.216 e. The fraction of sp³-hybridized carbons (Fsp3) is 0.278. The van der Waals surface area contributed by atoms with Crippen molar-refractivity contribution in [3.05, 3.63) is 58.8 Å². The van der Waals surface area contributed by atoms with E-state index < -0.39 is 0 Å². The van der Waals surface area contributed by atoms with Crippen LogP contribution in [0.15, 0.2) is 36.6 Å². The number of rotatable bonds is 1. The Morgan fingerprint density at radius 3 is 2.79 bits per heavy atom.